The van der Waals surface area contributed by atoms with Crippen LogP contribution in [0.3, 0.4) is 0 Å². The predicted octanol–water partition coefficient (Wildman–Crippen LogP) is 1.85. The molecule has 2 heterocycles. The van der Waals surface area contributed by atoms with Crippen LogP contribution in [0, 0.1) is 0 Å². The van der Waals surface area contributed by atoms with Crippen molar-refractivity contribution < 1.29 is 9.84 Å². The van der Waals surface area contributed by atoms with Gasteiger partial charge in [-0.25, -0.2) is 0 Å². The Hall–Kier alpha value is -1.03. The van der Waals surface area contributed by atoms with Gasteiger partial charge in [-0.1, -0.05) is 0 Å². The van der Waals surface area contributed by atoms with E-state index in [1.807, 2.05) is 11.6 Å². The first-order valence-electron chi connectivity index (χ1n) is 5.19. The molecule has 14 heavy (non-hydrogen) atoms. The first kappa shape index (κ1) is 9.52. The lowest BCUT2D eigenvalue weighted by Gasteiger charge is -2.23. The second kappa shape index (κ2) is 4.00. The van der Waals surface area contributed by atoms with Gasteiger partial charge in [0.1, 0.15) is 11.8 Å². The Morgan fingerprint density at radius 3 is 3.14 bits per heavy atom. The van der Waals surface area contributed by atoms with Crippen molar-refractivity contribution in [3.63, 3.8) is 0 Å². The fourth-order valence-electron chi connectivity index (χ4n) is 1.92. The minimum atomic E-state index is 0.0335. The molecule has 0 aromatic carbocycles. The molecule has 0 radical (unpaired) electrons. The summed E-state index contributed by atoms with van der Waals surface area (Å²) in [7, 11) is 0. The minimum absolute atomic E-state index is 0.0335. The fraction of sp³-hybridized carbons (Fsp3) is 0.700. The molecule has 1 unspecified atom stereocenters. The average molecular weight is 196 g/mol. The molecule has 4 nitrogen and oxygen atoms in total. The van der Waals surface area contributed by atoms with Crippen LogP contribution >= 0.6 is 0 Å². The zero-order valence-electron chi connectivity index (χ0n) is 8.44. The van der Waals surface area contributed by atoms with E-state index in [1.165, 1.54) is 12.6 Å². The molecule has 1 saturated heterocycles. The number of aryl methyl sites for hydroxylation is 1. The second-order valence-corrected chi connectivity index (χ2v) is 3.59. The van der Waals surface area contributed by atoms with Gasteiger partial charge < -0.3 is 9.84 Å². The highest BCUT2D eigenvalue weighted by Crippen LogP contribution is 2.32. The number of hydrogen-bond acceptors (Lipinski definition) is 3. The maximum absolute atomic E-state index is 9.65. The molecule has 1 N–H and O–H groups in total. The lowest BCUT2D eigenvalue weighted by Crippen LogP contribution is -2.16. The Kier molecular flexibility index (Phi) is 2.72. The number of ether oxygens (including phenoxy) is 1. The van der Waals surface area contributed by atoms with Gasteiger partial charge in [0.2, 0.25) is 0 Å². The van der Waals surface area contributed by atoms with Crippen molar-refractivity contribution in [2.45, 2.75) is 38.8 Å². The maximum Gasteiger partial charge on any atom is 0.159 e. The SMILES string of the molecule is CCn1ncc(O)c1C1CCCCO1. The number of aromatic nitrogens is 2. The van der Waals surface area contributed by atoms with E-state index in [4.69, 9.17) is 4.74 Å². The summed E-state index contributed by atoms with van der Waals surface area (Å²) in [6.45, 7) is 3.58. The van der Waals surface area contributed by atoms with Crippen molar-refractivity contribution in [1.29, 1.82) is 0 Å². The molecule has 78 valence electrons. The lowest BCUT2D eigenvalue weighted by molar-refractivity contribution is 0.00822. The van der Waals surface area contributed by atoms with Crippen molar-refractivity contribution in [1.82, 2.24) is 9.78 Å². The van der Waals surface area contributed by atoms with Gasteiger partial charge in [0.05, 0.1) is 6.20 Å². The molecule has 2 rings (SSSR count). The Balaban J connectivity index is 2.23. The highest BCUT2D eigenvalue weighted by atomic mass is 16.5. The minimum Gasteiger partial charge on any atom is -0.504 e. The van der Waals surface area contributed by atoms with Gasteiger partial charge in [-0.15, -0.1) is 0 Å². The summed E-state index contributed by atoms with van der Waals surface area (Å²) < 4.78 is 7.44. The fourth-order valence-corrected chi connectivity index (χ4v) is 1.92. The first-order valence-corrected chi connectivity index (χ1v) is 5.19. The van der Waals surface area contributed by atoms with E-state index in [-0.39, 0.29) is 11.9 Å². The van der Waals surface area contributed by atoms with E-state index in [9.17, 15) is 5.11 Å². The van der Waals surface area contributed by atoms with Crippen molar-refractivity contribution in [3.05, 3.63) is 11.9 Å². The van der Waals surface area contributed by atoms with Crippen LogP contribution in [0.1, 0.15) is 38.0 Å². The van der Waals surface area contributed by atoms with Crippen molar-refractivity contribution in [3.8, 4) is 5.75 Å². The summed E-state index contributed by atoms with van der Waals surface area (Å²) >= 11 is 0. The predicted molar refractivity (Wildman–Crippen MR) is 52.1 cm³/mol. The first-order chi connectivity index (χ1) is 6.83. The number of nitrogens with zero attached hydrogens (tertiary/aromatic N) is 2. The third-order valence-corrected chi connectivity index (χ3v) is 2.64. The quantitative estimate of drug-likeness (QED) is 0.785. The third-order valence-electron chi connectivity index (χ3n) is 2.64. The standard InChI is InChI=1S/C10H16N2O2/c1-2-12-10(8(13)7-11-12)9-5-3-4-6-14-9/h7,9,13H,2-6H2,1H3. The summed E-state index contributed by atoms with van der Waals surface area (Å²) in [6, 6.07) is 0. The van der Waals surface area contributed by atoms with Gasteiger partial charge in [-0.05, 0) is 26.2 Å². The zero-order chi connectivity index (χ0) is 9.97. The second-order valence-electron chi connectivity index (χ2n) is 3.59. The topological polar surface area (TPSA) is 47.3 Å². The molecule has 1 fully saturated rings. The molecule has 1 atom stereocenters. The number of rotatable bonds is 2. The smallest absolute Gasteiger partial charge is 0.159 e. The Bertz CT molecular complexity index is 303. The lowest BCUT2D eigenvalue weighted by atomic mass is 10.1. The molecule has 0 spiro atoms. The maximum atomic E-state index is 9.65. The van der Waals surface area contributed by atoms with E-state index in [0.29, 0.717) is 0 Å². The monoisotopic (exact) mass is 196 g/mol. The van der Waals surface area contributed by atoms with Gasteiger partial charge in [0.25, 0.3) is 0 Å². The third kappa shape index (κ3) is 1.62. The molecule has 1 aliphatic heterocycles. The van der Waals surface area contributed by atoms with Gasteiger partial charge in [-0.3, -0.25) is 4.68 Å². The molecule has 1 aliphatic rings. The van der Waals surface area contributed by atoms with Crippen molar-refractivity contribution >= 4 is 0 Å². The molecule has 0 aliphatic carbocycles. The highest BCUT2D eigenvalue weighted by Gasteiger charge is 2.23. The molecule has 1 aromatic rings. The van der Waals surface area contributed by atoms with E-state index >= 15 is 0 Å². The summed E-state index contributed by atoms with van der Waals surface area (Å²) in [4.78, 5) is 0. The van der Waals surface area contributed by atoms with Crippen LogP contribution < -0.4 is 0 Å². The molecule has 0 saturated carbocycles. The summed E-state index contributed by atoms with van der Waals surface area (Å²) in [5.41, 5.74) is 0.840. The molecule has 4 heteroatoms. The normalized spacial score (nSPS) is 22.5. The highest BCUT2D eigenvalue weighted by molar-refractivity contribution is 5.25. The largest absolute Gasteiger partial charge is 0.504 e. The summed E-state index contributed by atoms with van der Waals surface area (Å²) in [6.07, 6.45) is 4.80. The average Bonchev–Trinajstić information content (AvgIpc) is 2.61. The van der Waals surface area contributed by atoms with Crippen LogP contribution in [-0.4, -0.2) is 21.5 Å². The van der Waals surface area contributed by atoms with Crippen LogP contribution in [-0.2, 0) is 11.3 Å². The molecule has 0 bridgehead atoms. The molecular formula is C10H16N2O2. The van der Waals surface area contributed by atoms with E-state index < -0.39 is 0 Å². The Labute approximate surface area is 83.5 Å². The molecular weight excluding hydrogens is 180 g/mol. The van der Waals surface area contributed by atoms with Crippen LogP contribution in [0.5, 0.6) is 5.75 Å². The van der Waals surface area contributed by atoms with Gasteiger partial charge in [0, 0.05) is 13.2 Å². The molecule has 0 amide bonds. The van der Waals surface area contributed by atoms with Crippen LogP contribution in [0.4, 0.5) is 0 Å². The summed E-state index contributed by atoms with van der Waals surface area (Å²) in [5, 5.41) is 13.7. The van der Waals surface area contributed by atoms with E-state index in [2.05, 4.69) is 5.10 Å². The number of hydrogen-bond donors (Lipinski definition) is 1. The Morgan fingerprint density at radius 2 is 2.50 bits per heavy atom. The van der Waals surface area contributed by atoms with Crippen LogP contribution in [0.2, 0.25) is 0 Å². The van der Waals surface area contributed by atoms with Crippen LogP contribution in [0.15, 0.2) is 6.20 Å². The van der Waals surface area contributed by atoms with Gasteiger partial charge in [0.15, 0.2) is 5.75 Å². The van der Waals surface area contributed by atoms with Crippen molar-refractivity contribution in [2.24, 2.45) is 0 Å². The van der Waals surface area contributed by atoms with Gasteiger partial charge in [-0.2, -0.15) is 5.10 Å². The Morgan fingerprint density at radius 1 is 1.64 bits per heavy atom. The summed E-state index contributed by atoms with van der Waals surface area (Å²) in [5.74, 6) is 0.263. The van der Waals surface area contributed by atoms with E-state index in [1.54, 1.807) is 0 Å². The van der Waals surface area contributed by atoms with Gasteiger partial charge >= 0.3 is 0 Å². The molecule has 1 aromatic heterocycles. The number of aromatic hydroxyl groups is 1. The van der Waals surface area contributed by atoms with Crippen molar-refractivity contribution in [2.75, 3.05) is 6.61 Å². The van der Waals surface area contributed by atoms with E-state index in [0.717, 1.165) is 31.7 Å². The zero-order valence-corrected chi connectivity index (χ0v) is 8.44. The van der Waals surface area contributed by atoms with Crippen LogP contribution in [0.25, 0.3) is 0 Å².